The van der Waals surface area contributed by atoms with Crippen LogP contribution in [0.4, 0.5) is 17.6 Å². The lowest BCUT2D eigenvalue weighted by molar-refractivity contribution is -0.176. The Bertz CT molecular complexity index is 1380. The predicted molar refractivity (Wildman–Crippen MR) is 137 cm³/mol. The van der Waals surface area contributed by atoms with Crippen molar-refractivity contribution in [1.82, 2.24) is 19.9 Å². The molecule has 1 unspecified atom stereocenters. The molecule has 0 bridgehead atoms. The van der Waals surface area contributed by atoms with Gasteiger partial charge in [0.1, 0.15) is 6.61 Å². The van der Waals surface area contributed by atoms with Gasteiger partial charge in [0.25, 0.3) is 5.88 Å². The molecule has 0 fully saturated rings. The van der Waals surface area contributed by atoms with Crippen LogP contribution < -0.4 is 4.74 Å². The molecule has 0 aromatic carbocycles. The second-order valence-corrected chi connectivity index (χ2v) is 10.0. The number of carbonyl (C=O) groups is 1. The number of Topliss-reactive ketones (excluding diaryl/α,β-unsaturated/α-hetero) is 1. The lowest BCUT2D eigenvalue weighted by atomic mass is 9.84. The largest absolute Gasteiger partial charge is 0.417 e. The number of hydrogen-bond acceptors (Lipinski definition) is 6. The molecule has 1 N–H and O–H groups in total. The Morgan fingerprint density at radius 2 is 1.87 bits per heavy atom. The maximum atomic E-state index is 16.1. The highest BCUT2D eigenvalue weighted by Gasteiger charge is 2.33. The van der Waals surface area contributed by atoms with Gasteiger partial charge >= 0.3 is 6.18 Å². The van der Waals surface area contributed by atoms with Gasteiger partial charge in [-0.2, -0.15) is 18.2 Å². The van der Waals surface area contributed by atoms with Gasteiger partial charge in [0.05, 0.1) is 17.9 Å². The van der Waals surface area contributed by atoms with Gasteiger partial charge in [-0.3, -0.25) is 4.79 Å². The van der Waals surface area contributed by atoms with Crippen molar-refractivity contribution in [3.05, 3.63) is 51.4 Å². The summed E-state index contributed by atoms with van der Waals surface area (Å²) in [4.78, 5) is 28.5. The van der Waals surface area contributed by atoms with E-state index in [1.165, 1.54) is 6.20 Å². The van der Waals surface area contributed by atoms with E-state index in [9.17, 15) is 18.0 Å². The molecule has 210 valence electrons. The molecule has 0 spiro atoms. The number of aryl methyl sites for hydroxylation is 1. The second kappa shape index (κ2) is 11.6. The number of carbonyl (C=O) groups excluding carboxylic acids is 1. The number of ketones is 1. The minimum Gasteiger partial charge on any atom is -0.417 e. The number of hydrogen-bond donors (Lipinski definition) is 1. The summed E-state index contributed by atoms with van der Waals surface area (Å²) in [5, 5.41) is -0.249. The number of nitrogens with one attached hydrogen (secondary N) is 1. The lowest BCUT2D eigenvalue weighted by Crippen LogP contribution is -2.17. The number of ether oxygens (including phenoxy) is 2. The van der Waals surface area contributed by atoms with Crippen LogP contribution in [-0.4, -0.2) is 38.5 Å². The smallest absolute Gasteiger partial charge is 0.411 e. The van der Waals surface area contributed by atoms with Gasteiger partial charge in [-0.25, -0.2) is 14.4 Å². The third-order valence-corrected chi connectivity index (χ3v) is 7.20. The number of pyridine rings is 1. The van der Waals surface area contributed by atoms with Crippen LogP contribution in [0.3, 0.4) is 0 Å². The quantitative estimate of drug-likeness (QED) is 0.156. The van der Waals surface area contributed by atoms with Crippen LogP contribution in [0.25, 0.3) is 11.3 Å². The average Bonchev–Trinajstić information content (AvgIpc) is 3.29. The van der Waals surface area contributed by atoms with E-state index in [0.717, 1.165) is 23.9 Å². The van der Waals surface area contributed by atoms with Crippen LogP contribution in [0.1, 0.15) is 79.2 Å². The number of nitrogens with zero attached hydrogens (tertiary/aromatic N) is 3. The number of halogens is 5. The van der Waals surface area contributed by atoms with Crippen molar-refractivity contribution in [2.75, 3.05) is 6.61 Å². The molecule has 0 saturated carbocycles. The zero-order valence-electron chi connectivity index (χ0n) is 22.0. The predicted octanol–water partition coefficient (Wildman–Crippen LogP) is 7.37. The molecule has 12 heteroatoms. The van der Waals surface area contributed by atoms with Crippen molar-refractivity contribution < 1.29 is 31.8 Å². The fraction of sp³-hybridized carbons (Fsp3) is 0.481. The topological polar surface area (TPSA) is 90.0 Å². The van der Waals surface area contributed by atoms with Gasteiger partial charge in [0.15, 0.2) is 11.6 Å². The summed E-state index contributed by atoms with van der Waals surface area (Å²) in [6.45, 7) is 5.85. The Hall–Kier alpha value is -3.05. The molecule has 1 aliphatic carbocycles. The highest BCUT2D eigenvalue weighted by Crippen LogP contribution is 2.43. The van der Waals surface area contributed by atoms with Crippen LogP contribution in [0, 0.1) is 11.7 Å². The summed E-state index contributed by atoms with van der Waals surface area (Å²) in [5.41, 5.74) is 3.60. The molecule has 3 heterocycles. The lowest BCUT2D eigenvalue weighted by Gasteiger charge is -2.20. The highest BCUT2D eigenvalue weighted by molar-refractivity contribution is 6.28. The first-order valence-electron chi connectivity index (χ1n) is 12.7. The number of H-pyrrole nitrogens is 1. The van der Waals surface area contributed by atoms with Crippen LogP contribution in [0.2, 0.25) is 5.28 Å². The first-order chi connectivity index (χ1) is 18.4. The van der Waals surface area contributed by atoms with Gasteiger partial charge < -0.3 is 14.5 Å². The maximum absolute atomic E-state index is 16.1. The van der Waals surface area contributed by atoms with E-state index < -0.39 is 31.1 Å². The summed E-state index contributed by atoms with van der Waals surface area (Å²) in [6, 6.07) is 0. The van der Waals surface area contributed by atoms with E-state index in [-0.39, 0.29) is 39.9 Å². The third kappa shape index (κ3) is 6.09. The average molecular weight is 569 g/mol. The van der Waals surface area contributed by atoms with E-state index in [0.29, 0.717) is 36.1 Å². The zero-order chi connectivity index (χ0) is 28.5. The van der Waals surface area contributed by atoms with Gasteiger partial charge in [0.2, 0.25) is 11.2 Å². The molecule has 4 rings (SSSR count). The zero-order valence-corrected chi connectivity index (χ0v) is 22.8. The van der Waals surface area contributed by atoms with E-state index in [4.69, 9.17) is 21.1 Å². The van der Waals surface area contributed by atoms with Crippen LogP contribution in [0.5, 0.6) is 11.8 Å². The number of aromatic nitrogens is 4. The van der Waals surface area contributed by atoms with E-state index in [1.54, 1.807) is 0 Å². The number of alkyl halides is 3. The summed E-state index contributed by atoms with van der Waals surface area (Å²) in [7, 11) is 0. The second-order valence-electron chi connectivity index (χ2n) is 9.71. The Labute approximate surface area is 228 Å². The van der Waals surface area contributed by atoms with Gasteiger partial charge in [0, 0.05) is 35.1 Å². The number of aromatic amines is 1. The Balaban J connectivity index is 1.75. The fourth-order valence-corrected chi connectivity index (χ4v) is 4.66. The molecule has 0 aliphatic heterocycles. The summed E-state index contributed by atoms with van der Waals surface area (Å²) in [6.07, 6.45) is 0.593. The van der Waals surface area contributed by atoms with Crippen LogP contribution in [0.15, 0.2) is 12.4 Å². The minimum absolute atomic E-state index is 0.0267. The minimum atomic E-state index is -4.53. The van der Waals surface area contributed by atoms with Crippen LogP contribution in [-0.2, 0) is 24.2 Å². The van der Waals surface area contributed by atoms with E-state index >= 15 is 4.39 Å². The molecule has 3 aromatic heterocycles. The SMILES string of the molecule is CCC(C)C(=O)c1c([C@H](C)CC)[nH]c2c1CCc1cnc(Oc3nc(Cl)ncc3COCC(F)(F)F)c(F)c1-2. The standard InChI is InChI=1S/C27H29ClF4N4O3/c1-5-13(3)21-19(23(37)14(4)6-2)17-8-7-15-9-33-25(20(29)18(15)22(17)35-21)39-24-16(10-34-26(28)36-24)11-38-12-27(30,31)32/h9-10,13-14,35H,5-8,11-12H2,1-4H3/t13-,14?/m1/s1. The van der Waals surface area contributed by atoms with Crippen molar-refractivity contribution in [2.24, 2.45) is 5.92 Å². The van der Waals surface area contributed by atoms with Crippen molar-refractivity contribution in [3.63, 3.8) is 0 Å². The van der Waals surface area contributed by atoms with E-state index in [1.807, 2.05) is 27.7 Å². The first kappa shape index (κ1) is 28.9. The molecule has 7 nitrogen and oxygen atoms in total. The first-order valence-corrected chi connectivity index (χ1v) is 13.1. The van der Waals surface area contributed by atoms with Gasteiger partial charge in [-0.15, -0.1) is 0 Å². The molecule has 1 aliphatic rings. The summed E-state index contributed by atoms with van der Waals surface area (Å²) in [5.74, 6) is -1.62. The van der Waals surface area contributed by atoms with E-state index in [2.05, 4.69) is 19.9 Å². The van der Waals surface area contributed by atoms with Crippen molar-refractivity contribution >= 4 is 17.4 Å². The Morgan fingerprint density at radius 3 is 2.54 bits per heavy atom. The summed E-state index contributed by atoms with van der Waals surface area (Å²) >= 11 is 5.87. The van der Waals surface area contributed by atoms with Crippen molar-refractivity contribution in [2.45, 2.75) is 72.1 Å². The summed E-state index contributed by atoms with van der Waals surface area (Å²) < 4.78 is 64.0. The van der Waals surface area contributed by atoms with Gasteiger partial charge in [-0.1, -0.05) is 27.7 Å². The molecule has 39 heavy (non-hydrogen) atoms. The monoisotopic (exact) mass is 568 g/mol. The van der Waals surface area contributed by atoms with Crippen molar-refractivity contribution in [1.29, 1.82) is 0 Å². The molecule has 0 amide bonds. The Morgan fingerprint density at radius 1 is 1.13 bits per heavy atom. The van der Waals surface area contributed by atoms with Gasteiger partial charge in [-0.05, 0) is 54.3 Å². The van der Waals surface area contributed by atoms with Crippen LogP contribution >= 0.6 is 11.6 Å². The molecular formula is C27H29ClF4N4O3. The molecule has 0 saturated heterocycles. The molecule has 2 atom stereocenters. The fourth-order valence-electron chi connectivity index (χ4n) is 4.53. The highest BCUT2D eigenvalue weighted by atomic mass is 35.5. The normalized spacial score (nSPS) is 14.5. The molecule has 0 radical (unpaired) electrons. The number of fused-ring (bicyclic) bond motifs is 3. The molecular weight excluding hydrogens is 540 g/mol. The molecule has 3 aromatic rings. The third-order valence-electron chi connectivity index (χ3n) is 7.02. The Kier molecular flexibility index (Phi) is 8.60. The van der Waals surface area contributed by atoms with Crippen molar-refractivity contribution in [3.8, 4) is 23.0 Å². The number of rotatable bonds is 10. The maximum Gasteiger partial charge on any atom is 0.411 e.